The van der Waals surface area contributed by atoms with E-state index in [1.54, 1.807) is 19.1 Å². The molecule has 0 saturated carbocycles. The number of aromatic nitrogens is 1. The number of carbonyl (C=O) groups excluding carboxylic acids is 1. The first kappa shape index (κ1) is 15.5. The van der Waals surface area contributed by atoms with Gasteiger partial charge in [0.05, 0.1) is 24.8 Å². The van der Waals surface area contributed by atoms with Gasteiger partial charge in [-0.1, -0.05) is 0 Å². The van der Waals surface area contributed by atoms with Crippen molar-refractivity contribution in [1.82, 2.24) is 9.88 Å². The molecule has 0 N–H and O–H groups in total. The Kier molecular flexibility index (Phi) is 6.38. The standard InChI is InChI=1S/C13H19FN2O3/c1-10(9-19-3)16(6-7-18-2)13(17)11-4-5-12(14)15-8-11/h4-5,8,10H,6-7,9H2,1-3H3. The first-order chi connectivity index (χ1) is 9.10. The number of methoxy groups -OCH3 is 2. The summed E-state index contributed by atoms with van der Waals surface area (Å²) in [5, 5.41) is 0. The Balaban J connectivity index is 2.83. The first-order valence-electron chi connectivity index (χ1n) is 6.00. The Bertz CT molecular complexity index is 397. The van der Waals surface area contributed by atoms with Crippen molar-refractivity contribution in [2.75, 3.05) is 34.0 Å². The van der Waals surface area contributed by atoms with E-state index in [9.17, 15) is 9.18 Å². The second kappa shape index (κ2) is 7.81. The molecule has 1 atom stereocenters. The Morgan fingerprint density at radius 1 is 1.42 bits per heavy atom. The minimum absolute atomic E-state index is 0.0993. The largest absolute Gasteiger partial charge is 0.383 e. The lowest BCUT2D eigenvalue weighted by molar-refractivity contribution is 0.0479. The lowest BCUT2D eigenvalue weighted by Gasteiger charge is -2.28. The summed E-state index contributed by atoms with van der Waals surface area (Å²) in [7, 11) is 3.15. The molecule has 0 aliphatic rings. The summed E-state index contributed by atoms with van der Waals surface area (Å²) >= 11 is 0. The van der Waals surface area contributed by atoms with Crippen molar-refractivity contribution in [1.29, 1.82) is 0 Å². The van der Waals surface area contributed by atoms with E-state index in [0.29, 0.717) is 25.3 Å². The van der Waals surface area contributed by atoms with Crippen LogP contribution in [0.4, 0.5) is 4.39 Å². The van der Waals surface area contributed by atoms with Crippen molar-refractivity contribution >= 4 is 5.91 Å². The second-order valence-corrected chi connectivity index (χ2v) is 4.17. The van der Waals surface area contributed by atoms with Gasteiger partial charge in [0.15, 0.2) is 0 Å². The van der Waals surface area contributed by atoms with Crippen molar-refractivity contribution in [3.05, 3.63) is 29.8 Å². The number of nitrogens with zero attached hydrogens (tertiary/aromatic N) is 2. The average Bonchev–Trinajstić information content (AvgIpc) is 2.40. The third-order valence-corrected chi connectivity index (χ3v) is 2.71. The molecule has 106 valence electrons. The predicted molar refractivity (Wildman–Crippen MR) is 68.4 cm³/mol. The highest BCUT2D eigenvalue weighted by molar-refractivity contribution is 5.94. The summed E-state index contributed by atoms with van der Waals surface area (Å²) in [6.45, 7) is 3.17. The molecule has 1 aromatic heterocycles. The zero-order valence-corrected chi connectivity index (χ0v) is 11.4. The van der Waals surface area contributed by atoms with Gasteiger partial charge in [-0.2, -0.15) is 4.39 Å². The van der Waals surface area contributed by atoms with Crippen LogP contribution in [0.3, 0.4) is 0 Å². The Hall–Kier alpha value is -1.53. The summed E-state index contributed by atoms with van der Waals surface area (Å²) in [6.07, 6.45) is 1.23. The highest BCUT2D eigenvalue weighted by atomic mass is 19.1. The molecule has 0 radical (unpaired) electrons. The van der Waals surface area contributed by atoms with E-state index in [0.717, 1.165) is 0 Å². The number of carbonyl (C=O) groups is 1. The van der Waals surface area contributed by atoms with Crippen LogP contribution in [0.5, 0.6) is 0 Å². The van der Waals surface area contributed by atoms with E-state index < -0.39 is 5.95 Å². The molecule has 1 unspecified atom stereocenters. The molecule has 0 aliphatic carbocycles. The van der Waals surface area contributed by atoms with Gasteiger partial charge in [0, 0.05) is 27.0 Å². The zero-order chi connectivity index (χ0) is 14.3. The minimum Gasteiger partial charge on any atom is -0.383 e. The van der Waals surface area contributed by atoms with E-state index >= 15 is 0 Å². The van der Waals surface area contributed by atoms with Crippen molar-refractivity contribution in [3.8, 4) is 0 Å². The van der Waals surface area contributed by atoms with Crippen LogP contribution < -0.4 is 0 Å². The molecule has 0 aromatic carbocycles. The number of halogens is 1. The summed E-state index contributed by atoms with van der Waals surface area (Å²) in [6, 6.07) is 2.49. The van der Waals surface area contributed by atoms with E-state index in [4.69, 9.17) is 9.47 Å². The van der Waals surface area contributed by atoms with Crippen molar-refractivity contribution in [2.24, 2.45) is 0 Å². The highest BCUT2D eigenvalue weighted by Gasteiger charge is 2.21. The van der Waals surface area contributed by atoms with Crippen LogP contribution >= 0.6 is 0 Å². The van der Waals surface area contributed by atoms with Gasteiger partial charge in [0.1, 0.15) is 0 Å². The van der Waals surface area contributed by atoms with E-state index in [2.05, 4.69) is 4.98 Å². The number of hydrogen-bond acceptors (Lipinski definition) is 4. The van der Waals surface area contributed by atoms with E-state index in [-0.39, 0.29) is 11.9 Å². The van der Waals surface area contributed by atoms with Gasteiger partial charge >= 0.3 is 0 Å². The van der Waals surface area contributed by atoms with Crippen LogP contribution in [0, 0.1) is 5.95 Å². The number of ether oxygens (including phenoxy) is 2. The summed E-state index contributed by atoms with van der Waals surface area (Å²) < 4.78 is 22.8. The predicted octanol–water partition coefficient (Wildman–Crippen LogP) is 1.34. The van der Waals surface area contributed by atoms with Crippen molar-refractivity contribution < 1.29 is 18.7 Å². The maximum Gasteiger partial charge on any atom is 0.255 e. The smallest absolute Gasteiger partial charge is 0.255 e. The second-order valence-electron chi connectivity index (χ2n) is 4.17. The monoisotopic (exact) mass is 270 g/mol. The molecule has 0 spiro atoms. The van der Waals surface area contributed by atoms with E-state index in [1.165, 1.54) is 18.3 Å². The quantitative estimate of drug-likeness (QED) is 0.702. The molecule has 1 aromatic rings. The Morgan fingerprint density at radius 2 is 2.16 bits per heavy atom. The number of amides is 1. The van der Waals surface area contributed by atoms with Crippen LogP contribution in [-0.4, -0.2) is 55.8 Å². The van der Waals surface area contributed by atoms with Crippen LogP contribution in [0.1, 0.15) is 17.3 Å². The van der Waals surface area contributed by atoms with Gasteiger partial charge < -0.3 is 14.4 Å². The number of hydrogen-bond donors (Lipinski definition) is 0. The van der Waals surface area contributed by atoms with Crippen LogP contribution in [0.25, 0.3) is 0 Å². The maximum absolute atomic E-state index is 12.8. The maximum atomic E-state index is 12.8. The van der Waals surface area contributed by atoms with E-state index in [1.807, 2.05) is 6.92 Å². The fourth-order valence-corrected chi connectivity index (χ4v) is 1.71. The first-order valence-corrected chi connectivity index (χ1v) is 6.00. The molecular weight excluding hydrogens is 251 g/mol. The number of rotatable bonds is 7. The van der Waals surface area contributed by atoms with Gasteiger partial charge in [-0.15, -0.1) is 0 Å². The van der Waals surface area contributed by atoms with Crippen LogP contribution in [0.15, 0.2) is 18.3 Å². The SMILES string of the molecule is COCCN(C(=O)c1ccc(F)nc1)C(C)COC. The van der Waals surface area contributed by atoms with Crippen LogP contribution in [-0.2, 0) is 9.47 Å². The molecule has 0 aliphatic heterocycles. The molecule has 5 nitrogen and oxygen atoms in total. The normalized spacial score (nSPS) is 12.2. The van der Waals surface area contributed by atoms with Crippen molar-refractivity contribution in [3.63, 3.8) is 0 Å². The summed E-state index contributed by atoms with van der Waals surface area (Å²) in [4.78, 5) is 17.4. The van der Waals surface area contributed by atoms with Gasteiger partial charge in [-0.05, 0) is 19.1 Å². The molecule has 1 heterocycles. The molecule has 0 saturated heterocycles. The fourth-order valence-electron chi connectivity index (χ4n) is 1.71. The lowest BCUT2D eigenvalue weighted by atomic mass is 10.2. The molecule has 1 rings (SSSR count). The topological polar surface area (TPSA) is 51.7 Å². The summed E-state index contributed by atoms with van der Waals surface area (Å²) in [5.41, 5.74) is 0.348. The van der Waals surface area contributed by atoms with Gasteiger partial charge in [0.2, 0.25) is 5.95 Å². The van der Waals surface area contributed by atoms with Gasteiger partial charge in [0.25, 0.3) is 5.91 Å². The molecule has 6 heteroatoms. The zero-order valence-electron chi connectivity index (χ0n) is 11.4. The van der Waals surface area contributed by atoms with Gasteiger partial charge in [-0.3, -0.25) is 4.79 Å². The lowest BCUT2D eigenvalue weighted by Crippen LogP contribution is -2.43. The highest BCUT2D eigenvalue weighted by Crippen LogP contribution is 2.09. The van der Waals surface area contributed by atoms with Crippen molar-refractivity contribution in [2.45, 2.75) is 13.0 Å². The molecule has 0 bridgehead atoms. The number of pyridine rings is 1. The molecule has 19 heavy (non-hydrogen) atoms. The fraction of sp³-hybridized carbons (Fsp3) is 0.538. The molecular formula is C13H19FN2O3. The van der Waals surface area contributed by atoms with Crippen LogP contribution in [0.2, 0.25) is 0 Å². The van der Waals surface area contributed by atoms with Gasteiger partial charge in [-0.25, -0.2) is 4.98 Å². The minimum atomic E-state index is -0.607. The average molecular weight is 270 g/mol. The molecule has 0 fully saturated rings. The third-order valence-electron chi connectivity index (χ3n) is 2.71. The molecule has 1 amide bonds. The Labute approximate surface area is 112 Å². The third kappa shape index (κ3) is 4.57. The Morgan fingerprint density at radius 3 is 2.68 bits per heavy atom. The summed E-state index contributed by atoms with van der Waals surface area (Å²) in [5.74, 6) is -0.820.